The zero-order valence-corrected chi connectivity index (χ0v) is 50.9. The number of unbranched alkanes of at least 4 members (excludes halogenated alkanes) is 31. The fourth-order valence-electron chi connectivity index (χ4n) is 12.1. The minimum atomic E-state index is 0.997. The van der Waals surface area contributed by atoms with Crippen molar-refractivity contribution in [1.82, 2.24) is 0 Å². The molecule has 0 saturated heterocycles. The van der Waals surface area contributed by atoms with Crippen molar-refractivity contribution in [1.29, 1.82) is 0 Å². The zero-order valence-electron chi connectivity index (χ0n) is 50.9. The monoisotopic (exact) mass is 1010 g/mol. The van der Waals surface area contributed by atoms with Gasteiger partial charge in [0.05, 0.1) is 5.57 Å². The Hall–Kier alpha value is -2.74. The second-order valence-corrected chi connectivity index (χ2v) is 23.5. The lowest BCUT2D eigenvalue weighted by atomic mass is 9.86. The lowest BCUT2D eigenvalue weighted by Gasteiger charge is -2.20. The van der Waals surface area contributed by atoms with Crippen molar-refractivity contribution in [3.63, 3.8) is 0 Å². The maximum absolute atomic E-state index is 13.2. The van der Waals surface area contributed by atoms with E-state index in [1.807, 2.05) is 0 Å². The Bertz CT molecular complexity index is 1790. The molecule has 0 N–H and O–H groups in total. The molecule has 2 heteroatoms. The maximum Gasteiger partial charge on any atom is 0.215 e. The fraction of sp³-hybridized carbons (Fsp3) is 0.750. The van der Waals surface area contributed by atoms with Crippen molar-refractivity contribution in [2.75, 3.05) is 0 Å². The number of nitrogens with zero attached hydrogens (tertiary/aromatic N) is 2. The van der Waals surface area contributed by atoms with E-state index in [0.717, 1.165) is 56.3 Å². The van der Waals surface area contributed by atoms with Crippen molar-refractivity contribution in [3.8, 4) is 0 Å². The third-order valence-corrected chi connectivity index (χ3v) is 16.8. The third kappa shape index (κ3) is 25.2. The average Bonchev–Trinajstić information content (AvgIpc) is 3.68. The van der Waals surface area contributed by atoms with Crippen LogP contribution in [0, 0.1) is 0 Å². The Morgan fingerprint density at radius 2 is 0.595 bits per heavy atom. The molecular weight excluding hydrogens is 893 g/mol. The van der Waals surface area contributed by atoms with E-state index in [-0.39, 0.29) is 0 Å². The number of aryl methyl sites for hydroxylation is 4. The SMILES string of the molecule is CCCCCCCCCCCCCCCCCCCCCC=CC1=C(c2cc(CCCC)c(CCCCCC)c(CCCC)c2)[N+](=[N-])C(c2cc(CCCC)c(CCCCCC)c(CCCC)c2)=C1CCCCC. The van der Waals surface area contributed by atoms with Crippen molar-refractivity contribution in [2.24, 2.45) is 0 Å². The van der Waals surface area contributed by atoms with Gasteiger partial charge in [0.1, 0.15) is 0 Å². The van der Waals surface area contributed by atoms with Crippen LogP contribution in [0.1, 0.15) is 357 Å². The first-order valence-corrected chi connectivity index (χ1v) is 33.4. The van der Waals surface area contributed by atoms with E-state index >= 15 is 0 Å². The van der Waals surface area contributed by atoms with Crippen molar-refractivity contribution >= 4 is 11.4 Å². The Kier molecular flexibility index (Phi) is 38.3. The first-order chi connectivity index (χ1) is 36.4. The highest BCUT2D eigenvalue weighted by Crippen LogP contribution is 2.45. The predicted octanol–water partition coefficient (Wildman–Crippen LogP) is 24.4. The van der Waals surface area contributed by atoms with E-state index in [1.165, 1.54) is 273 Å². The predicted molar refractivity (Wildman–Crippen MR) is 332 cm³/mol. The quantitative estimate of drug-likeness (QED) is 0.0466. The van der Waals surface area contributed by atoms with Crippen LogP contribution in [0.25, 0.3) is 16.9 Å². The van der Waals surface area contributed by atoms with Crippen molar-refractivity contribution in [2.45, 2.75) is 351 Å². The minimum Gasteiger partial charge on any atom is -0.493 e. The summed E-state index contributed by atoms with van der Waals surface area (Å²) in [5, 5.41) is 0. The van der Waals surface area contributed by atoms with Gasteiger partial charge < -0.3 is 5.53 Å². The largest absolute Gasteiger partial charge is 0.493 e. The summed E-state index contributed by atoms with van der Waals surface area (Å²) in [5.74, 6) is 0. The number of rotatable bonds is 49. The molecule has 0 aromatic heterocycles. The molecule has 420 valence electrons. The maximum atomic E-state index is 13.2. The molecule has 0 amide bonds. The summed E-state index contributed by atoms with van der Waals surface area (Å²) in [7, 11) is 0. The summed E-state index contributed by atoms with van der Waals surface area (Å²) < 4.78 is 1.73. The van der Waals surface area contributed by atoms with Crippen molar-refractivity contribution in [3.05, 3.63) is 97.6 Å². The number of allylic oxidation sites excluding steroid dienone is 4. The van der Waals surface area contributed by atoms with Gasteiger partial charge in [0.2, 0.25) is 11.4 Å². The van der Waals surface area contributed by atoms with Crippen LogP contribution < -0.4 is 0 Å². The van der Waals surface area contributed by atoms with Crippen molar-refractivity contribution < 1.29 is 4.70 Å². The van der Waals surface area contributed by atoms with Gasteiger partial charge in [-0.3, -0.25) is 0 Å². The summed E-state index contributed by atoms with van der Waals surface area (Å²) in [5.41, 5.74) is 29.9. The summed E-state index contributed by atoms with van der Waals surface area (Å²) in [6, 6.07) is 10.2. The highest BCUT2D eigenvalue weighted by atomic mass is 15.2. The number of benzene rings is 2. The van der Waals surface area contributed by atoms with Crippen LogP contribution in [-0.2, 0) is 38.5 Å². The van der Waals surface area contributed by atoms with E-state index in [9.17, 15) is 5.53 Å². The third-order valence-electron chi connectivity index (χ3n) is 16.8. The Morgan fingerprint density at radius 3 is 0.946 bits per heavy atom. The summed E-state index contributed by atoms with van der Waals surface area (Å²) in [4.78, 5) is 0. The molecule has 1 heterocycles. The van der Waals surface area contributed by atoms with Gasteiger partial charge >= 0.3 is 0 Å². The molecular formula is C72H122N2. The molecule has 2 aromatic rings. The summed E-state index contributed by atoms with van der Waals surface area (Å²) in [6.07, 6.45) is 64.5. The van der Waals surface area contributed by atoms with Crippen LogP contribution in [0.5, 0.6) is 0 Å². The van der Waals surface area contributed by atoms with Crippen LogP contribution in [0.4, 0.5) is 0 Å². The van der Waals surface area contributed by atoms with Gasteiger partial charge in [-0.2, -0.15) is 0 Å². The highest BCUT2D eigenvalue weighted by molar-refractivity contribution is 5.85. The van der Waals surface area contributed by atoms with Crippen LogP contribution in [0.2, 0.25) is 0 Å². The molecule has 74 heavy (non-hydrogen) atoms. The molecule has 0 spiro atoms. The van der Waals surface area contributed by atoms with E-state index in [4.69, 9.17) is 0 Å². The summed E-state index contributed by atoms with van der Waals surface area (Å²) in [6.45, 7) is 18.7. The molecule has 0 atom stereocenters. The zero-order chi connectivity index (χ0) is 53.3. The topological polar surface area (TPSA) is 25.3 Å². The van der Waals surface area contributed by atoms with Crippen LogP contribution in [-0.4, -0.2) is 4.70 Å². The fourth-order valence-corrected chi connectivity index (χ4v) is 12.1. The highest BCUT2D eigenvalue weighted by Gasteiger charge is 2.36. The Labute approximate surface area is 462 Å². The van der Waals surface area contributed by atoms with Gasteiger partial charge in [-0.05, 0) is 160 Å². The van der Waals surface area contributed by atoms with Gasteiger partial charge in [0.15, 0.2) is 0 Å². The van der Waals surface area contributed by atoms with Gasteiger partial charge in [-0.1, -0.05) is 260 Å². The van der Waals surface area contributed by atoms with Crippen LogP contribution >= 0.6 is 0 Å². The van der Waals surface area contributed by atoms with Crippen LogP contribution in [0.15, 0.2) is 47.6 Å². The average molecular weight is 1020 g/mol. The molecule has 1 aliphatic heterocycles. The lowest BCUT2D eigenvalue weighted by Crippen LogP contribution is -2.09. The van der Waals surface area contributed by atoms with E-state index in [1.54, 1.807) is 38.1 Å². The van der Waals surface area contributed by atoms with Gasteiger partial charge in [0.25, 0.3) is 0 Å². The normalized spacial score (nSPS) is 13.1. The lowest BCUT2D eigenvalue weighted by molar-refractivity contribution is -0.345. The van der Waals surface area contributed by atoms with Gasteiger partial charge in [0, 0.05) is 16.7 Å². The molecule has 3 rings (SSSR count). The molecule has 0 radical (unpaired) electrons. The standard InChI is InChI=1S/C72H122N2/c1-9-17-25-28-29-30-31-32-33-34-35-36-37-38-39-40-41-42-43-44-48-56-70-69(55-45-20-12-4)71(65-57-61(49-21-13-5)67(53-46-26-18-10-2)62(58-65)50-22-14-6)74(73)72(70)66-59-63(51-23-15-7)68(54-47-27-19-11-3)64(60-66)52-24-16-8/h48,56-60H,9-47,49-55H2,1-8H3. The summed E-state index contributed by atoms with van der Waals surface area (Å²) >= 11 is 0. The second kappa shape index (κ2) is 43.3. The van der Waals surface area contributed by atoms with Gasteiger partial charge in [-0.15, -0.1) is 0 Å². The Morgan fingerprint density at radius 1 is 0.311 bits per heavy atom. The van der Waals surface area contributed by atoms with Crippen LogP contribution in [0.3, 0.4) is 0 Å². The number of hydrogen-bond donors (Lipinski definition) is 0. The van der Waals surface area contributed by atoms with E-state index < -0.39 is 0 Å². The Balaban J connectivity index is 1.97. The molecule has 0 saturated carbocycles. The van der Waals surface area contributed by atoms with E-state index in [0.29, 0.717) is 0 Å². The molecule has 0 aliphatic carbocycles. The molecule has 0 bridgehead atoms. The molecule has 2 nitrogen and oxygen atoms in total. The number of hydrogen-bond acceptors (Lipinski definition) is 0. The first kappa shape index (κ1) is 65.5. The van der Waals surface area contributed by atoms with E-state index in [2.05, 4.69) is 91.8 Å². The van der Waals surface area contributed by atoms with Gasteiger partial charge in [-0.25, -0.2) is 4.70 Å². The molecule has 0 unspecified atom stereocenters. The molecule has 1 aliphatic rings. The minimum absolute atomic E-state index is 0.997. The smallest absolute Gasteiger partial charge is 0.215 e. The molecule has 2 aromatic carbocycles. The molecule has 0 fully saturated rings. The first-order valence-electron chi connectivity index (χ1n) is 33.4. The second-order valence-electron chi connectivity index (χ2n) is 23.5.